The first-order valence-electron chi connectivity index (χ1n) is 6.57. The molecule has 2 aromatic rings. The van der Waals surface area contributed by atoms with Crippen LogP contribution in [0.1, 0.15) is 25.7 Å². The van der Waals surface area contributed by atoms with Gasteiger partial charge in [0.05, 0.1) is 12.6 Å². The lowest BCUT2D eigenvalue weighted by atomic mass is 10.1. The van der Waals surface area contributed by atoms with Crippen LogP contribution >= 0.6 is 11.6 Å². The summed E-state index contributed by atoms with van der Waals surface area (Å²) in [5, 5.41) is 1.35. The largest absolute Gasteiger partial charge is 0.497 e. The van der Waals surface area contributed by atoms with Gasteiger partial charge in [-0.2, -0.15) is 0 Å². The fourth-order valence-corrected chi connectivity index (χ4v) is 2.20. The minimum absolute atomic E-state index is 0.387. The molecule has 0 aliphatic carbocycles. The molecule has 0 saturated heterocycles. The van der Waals surface area contributed by atoms with E-state index < -0.39 is 6.29 Å². The van der Waals surface area contributed by atoms with Crippen LogP contribution in [0.15, 0.2) is 24.3 Å². The Kier molecular flexibility index (Phi) is 5.17. The quantitative estimate of drug-likeness (QED) is 0.597. The van der Waals surface area contributed by atoms with E-state index in [4.69, 9.17) is 25.8 Å². The van der Waals surface area contributed by atoms with Crippen molar-refractivity contribution in [2.75, 3.05) is 20.3 Å². The van der Waals surface area contributed by atoms with Crippen molar-refractivity contribution in [3.8, 4) is 5.75 Å². The molecule has 0 saturated carbocycles. The number of aromatic nitrogens is 1. The van der Waals surface area contributed by atoms with E-state index in [1.165, 1.54) is 0 Å². The van der Waals surface area contributed by atoms with Crippen LogP contribution in [0.3, 0.4) is 0 Å². The van der Waals surface area contributed by atoms with Crippen molar-refractivity contribution in [3.63, 3.8) is 0 Å². The number of hydrogen-bond donors (Lipinski definition) is 0. The van der Waals surface area contributed by atoms with Crippen LogP contribution in [0.5, 0.6) is 5.75 Å². The molecule has 0 radical (unpaired) electrons. The zero-order valence-corrected chi connectivity index (χ0v) is 12.6. The molecule has 0 bridgehead atoms. The SMILES string of the molecule is CCOC(OCC)c1cc2ccc(OC)cc2nc1Cl. The Hall–Kier alpha value is -1.36. The Morgan fingerprint density at radius 1 is 1.15 bits per heavy atom. The smallest absolute Gasteiger partial charge is 0.186 e. The fraction of sp³-hybridized carbons (Fsp3) is 0.400. The molecule has 2 rings (SSSR count). The summed E-state index contributed by atoms with van der Waals surface area (Å²) >= 11 is 6.25. The molecule has 0 aliphatic rings. The monoisotopic (exact) mass is 295 g/mol. The Bertz CT molecular complexity index is 583. The van der Waals surface area contributed by atoms with Crippen LogP contribution in [0.25, 0.3) is 10.9 Å². The van der Waals surface area contributed by atoms with Gasteiger partial charge in [0.15, 0.2) is 6.29 Å². The molecular formula is C15H18ClNO3. The number of nitrogens with zero attached hydrogens (tertiary/aromatic N) is 1. The lowest BCUT2D eigenvalue weighted by Gasteiger charge is -2.18. The molecule has 5 heteroatoms. The number of methoxy groups -OCH3 is 1. The summed E-state index contributed by atoms with van der Waals surface area (Å²) in [6.45, 7) is 4.92. The first kappa shape index (κ1) is 15.0. The number of halogens is 1. The minimum Gasteiger partial charge on any atom is -0.497 e. The summed E-state index contributed by atoms with van der Waals surface area (Å²) in [5.74, 6) is 0.750. The van der Waals surface area contributed by atoms with Gasteiger partial charge in [-0.05, 0) is 32.0 Å². The number of hydrogen-bond acceptors (Lipinski definition) is 4. The summed E-state index contributed by atoms with van der Waals surface area (Å²) in [6, 6.07) is 7.62. The van der Waals surface area contributed by atoms with Gasteiger partial charge in [0.25, 0.3) is 0 Å². The molecular weight excluding hydrogens is 278 g/mol. The summed E-state index contributed by atoms with van der Waals surface area (Å²) in [7, 11) is 1.62. The molecule has 0 spiro atoms. The summed E-state index contributed by atoms with van der Waals surface area (Å²) in [5.41, 5.74) is 1.53. The van der Waals surface area contributed by atoms with Crippen molar-refractivity contribution >= 4 is 22.5 Å². The number of ether oxygens (including phenoxy) is 3. The Labute approximate surface area is 123 Å². The molecule has 0 aliphatic heterocycles. The zero-order valence-electron chi connectivity index (χ0n) is 11.9. The van der Waals surface area contributed by atoms with Crippen LogP contribution in [0, 0.1) is 0 Å². The van der Waals surface area contributed by atoms with Gasteiger partial charge in [-0.1, -0.05) is 11.6 Å². The summed E-state index contributed by atoms with van der Waals surface area (Å²) in [6.07, 6.45) is -0.489. The molecule has 108 valence electrons. The van der Waals surface area contributed by atoms with Crippen LogP contribution in [-0.2, 0) is 9.47 Å². The Morgan fingerprint density at radius 2 is 1.85 bits per heavy atom. The topological polar surface area (TPSA) is 40.6 Å². The van der Waals surface area contributed by atoms with Gasteiger partial charge in [0, 0.05) is 30.2 Å². The molecule has 0 N–H and O–H groups in total. The molecule has 0 unspecified atom stereocenters. The predicted molar refractivity (Wildman–Crippen MR) is 79.3 cm³/mol. The Balaban J connectivity index is 2.45. The third kappa shape index (κ3) is 3.20. The highest BCUT2D eigenvalue weighted by Crippen LogP contribution is 2.30. The number of benzene rings is 1. The number of fused-ring (bicyclic) bond motifs is 1. The maximum Gasteiger partial charge on any atom is 0.186 e. The van der Waals surface area contributed by atoms with Crippen LogP contribution in [-0.4, -0.2) is 25.3 Å². The average molecular weight is 296 g/mol. The molecule has 4 nitrogen and oxygen atoms in total. The molecule has 0 fully saturated rings. The molecule has 1 aromatic heterocycles. The van der Waals surface area contributed by atoms with E-state index in [2.05, 4.69) is 4.98 Å². The van der Waals surface area contributed by atoms with Crippen molar-refractivity contribution < 1.29 is 14.2 Å². The highest BCUT2D eigenvalue weighted by molar-refractivity contribution is 6.30. The average Bonchev–Trinajstić information content (AvgIpc) is 2.45. The first-order valence-corrected chi connectivity index (χ1v) is 6.94. The van der Waals surface area contributed by atoms with E-state index in [1.807, 2.05) is 38.1 Å². The minimum atomic E-state index is -0.489. The van der Waals surface area contributed by atoms with Crippen molar-refractivity contribution in [2.45, 2.75) is 20.1 Å². The normalized spacial score (nSPS) is 11.2. The van der Waals surface area contributed by atoms with E-state index in [-0.39, 0.29) is 0 Å². The molecule has 1 heterocycles. The molecule has 20 heavy (non-hydrogen) atoms. The predicted octanol–water partition coefficient (Wildman–Crippen LogP) is 3.97. The van der Waals surface area contributed by atoms with Crippen molar-refractivity contribution in [1.29, 1.82) is 0 Å². The highest BCUT2D eigenvalue weighted by atomic mass is 35.5. The maximum absolute atomic E-state index is 6.25. The second-order valence-electron chi connectivity index (χ2n) is 4.17. The molecule has 0 atom stereocenters. The number of pyridine rings is 1. The Morgan fingerprint density at radius 3 is 2.45 bits per heavy atom. The van der Waals surface area contributed by atoms with Crippen molar-refractivity contribution in [1.82, 2.24) is 4.98 Å². The highest BCUT2D eigenvalue weighted by Gasteiger charge is 2.17. The van der Waals surface area contributed by atoms with Gasteiger partial charge in [0.2, 0.25) is 0 Å². The lowest BCUT2D eigenvalue weighted by molar-refractivity contribution is -0.140. The van der Waals surface area contributed by atoms with E-state index in [0.29, 0.717) is 18.4 Å². The van der Waals surface area contributed by atoms with Crippen molar-refractivity contribution in [3.05, 3.63) is 35.0 Å². The van der Waals surface area contributed by atoms with Crippen LogP contribution < -0.4 is 4.74 Å². The maximum atomic E-state index is 6.25. The number of rotatable bonds is 6. The molecule has 1 aromatic carbocycles. The van der Waals surface area contributed by atoms with Gasteiger partial charge in [-0.3, -0.25) is 0 Å². The van der Waals surface area contributed by atoms with E-state index in [0.717, 1.165) is 22.2 Å². The lowest BCUT2D eigenvalue weighted by Crippen LogP contribution is -2.10. The molecule has 0 amide bonds. The standard InChI is InChI=1S/C15H18ClNO3/c1-4-19-15(20-5-2)12-8-10-6-7-11(18-3)9-13(10)17-14(12)16/h6-9,15H,4-5H2,1-3H3. The van der Waals surface area contributed by atoms with Gasteiger partial charge in [-0.25, -0.2) is 4.98 Å². The summed E-state index contributed by atoms with van der Waals surface area (Å²) in [4.78, 5) is 4.40. The van der Waals surface area contributed by atoms with Gasteiger partial charge in [0.1, 0.15) is 10.9 Å². The van der Waals surface area contributed by atoms with Crippen molar-refractivity contribution in [2.24, 2.45) is 0 Å². The fourth-order valence-electron chi connectivity index (χ4n) is 1.96. The zero-order chi connectivity index (χ0) is 14.5. The van der Waals surface area contributed by atoms with Gasteiger partial charge < -0.3 is 14.2 Å². The summed E-state index contributed by atoms with van der Waals surface area (Å²) < 4.78 is 16.3. The van der Waals surface area contributed by atoms with Crippen LogP contribution in [0.4, 0.5) is 0 Å². The van der Waals surface area contributed by atoms with Gasteiger partial charge >= 0.3 is 0 Å². The second-order valence-corrected chi connectivity index (χ2v) is 4.53. The third-order valence-corrected chi connectivity index (χ3v) is 3.20. The van der Waals surface area contributed by atoms with E-state index in [9.17, 15) is 0 Å². The first-order chi connectivity index (χ1) is 9.69. The second kappa shape index (κ2) is 6.88. The van der Waals surface area contributed by atoms with Crippen LogP contribution in [0.2, 0.25) is 5.15 Å². The van der Waals surface area contributed by atoms with E-state index >= 15 is 0 Å². The van der Waals surface area contributed by atoms with Gasteiger partial charge in [-0.15, -0.1) is 0 Å². The third-order valence-electron chi connectivity index (χ3n) is 2.90. The van der Waals surface area contributed by atoms with E-state index in [1.54, 1.807) is 7.11 Å².